The van der Waals surface area contributed by atoms with Crippen molar-refractivity contribution in [1.82, 2.24) is 4.90 Å². The van der Waals surface area contributed by atoms with Crippen LogP contribution in [0.15, 0.2) is 78.0 Å². The Morgan fingerprint density at radius 3 is 2.42 bits per heavy atom. The molecule has 1 aliphatic heterocycles. The van der Waals surface area contributed by atoms with Crippen LogP contribution in [0.5, 0.6) is 11.5 Å². The Kier molecular flexibility index (Phi) is 8.94. The third kappa shape index (κ3) is 7.09. The maximum Gasteiger partial charge on any atom is 0.260 e. The molecule has 1 aliphatic rings. The number of ether oxygens (including phenoxy) is 3. The zero-order chi connectivity index (χ0) is 25.2. The van der Waals surface area contributed by atoms with Crippen molar-refractivity contribution in [3.05, 3.63) is 95.1 Å². The summed E-state index contributed by atoms with van der Waals surface area (Å²) in [6, 6.07) is 23.7. The molecule has 0 aromatic heterocycles. The zero-order valence-electron chi connectivity index (χ0n) is 20.8. The summed E-state index contributed by atoms with van der Waals surface area (Å²) >= 11 is 0. The molecule has 0 unspecified atom stereocenters. The first-order valence-electron chi connectivity index (χ1n) is 12.1. The van der Waals surface area contributed by atoms with Crippen LogP contribution in [0.2, 0.25) is 0 Å². The number of nitrogens with zero attached hydrogens (tertiary/aromatic N) is 2. The summed E-state index contributed by atoms with van der Waals surface area (Å²) in [6.07, 6.45) is 0.624. The molecule has 3 aromatic carbocycles. The maximum atomic E-state index is 12.4. The maximum absolute atomic E-state index is 12.4. The van der Waals surface area contributed by atoms with Crippen LogP contribution in [0, 0.1) is 6.92 Å². The van der Waals surface area contributed by atoms with Gasteiger partial charge in [-0.3, -0.25) is 4.79 Å². The third-order valence-corrected chi connectivity index (χ3v) is 6.00. The Morgan fingerprint density at radius 2 is 1.72 bits per heavy atom. The van der Waals surface area contributed by atoms with Crippen molar-refractivity contribution in [3.8, 4) is 11.5 Å². The van der Waals surface area contributed by atoms with Crippen molar-refractivity contribution < 1.29 is 23.8 Å². The number of aryl methyl sites for hydroxylation is 1. The van der Waals surface area contributed by atoms with Gasteiger partial charge in [0, 0.05) is 25.1 Å². The third-order valence-electron chi connectivity index (χ3n) is 6.00. The first kappa shape index (κ1) is 25.3. The van der Waals surface area contributed by atoms with Crippen molar-refractivity contribution in [2.45, 2.75) is 20.0 Å². The summed E-state index contributed by atoms with van der Waals surface area (Å²) in [6.45, 7) is 4.69. The van der Waals surface area contributed by atoms with Crippen LogP contribution in [0.1, 0.15) is 22.3 Å². The van der Waals surface area contributed by atoms with Gasteiger partial charge in [-0.25, -0.2) is 0 Å². The Morgan fingerprint density at radius 1 is 0.972 bits per heavy atom. The lowest BCUT2D eigenvalue weighted by molar-refractivity contribution is -0.137. The summed E-state index contributed by atoms with van der Waals surface area (Å²) in [5.74, 6) is 1.45. The summed E-state index contributed by atoms with van der Waals surface area (Å²) in [7, 11) is 1.64. The van der Waals surface area contributed by atoms with Crippen LogP contribution in [0.25, 0.3) is 0 Å². The summed E-state index contributed by atoms with van der Waals surface area (Å²) in [5.41, 5.74) is 4.83. The molecule has 1 fully saturated rings. The van der Waals surface area contributed by atoms with Crippen LogP contribution < -0.4 is 9.47 Å². The van der Waals surface area contributed by atoms with E-state index < -0.39 is 0 Å². The molecule has 7 nitrogen and oxygen atoms in total. The molecular weight excluding hydrogens is 456 g/mol. The standard InChI is InChI=1S/C29H32N2O5/c1-22-18-25(10-13-28(22)35-21-29(32)31-14-16-34-17-15-31)27(19-23-6-4-3-5-7-23)30-36-20-24-8-11-26(33-2)12-9-24/h3-13,18H,14-17,19-21H2,1-2H3/b30-27+. The minimum absolute atomic E-state index is 0.0100. The normalized spacial score (nSPS) is 13.8. The molecule has 0 spiro atoms. The molecule has 36 heavy (non-hydrogen) atoms. The Balaban J connectivity index is 1.45. The first-order chi connectivity index (χ1) is 17.6. The van der Waals surface area contributed by atoms with Gasteiger partial charge >= 0.3 is 0 Å². The monoisotopic (exact) mass is 488 g/mol. The lowest BCUT2D eigenvalue weighted by atomic mass is 10.0. The minimum Gasteiger partial charge on any atom is -0.497 e. The highest BCUT2D eigenvalue weighted by Gasteiger charge is 2.18. The second kappa shape index (κ2) is 12.7. The number of carbonyl (C=O) groups is 1. The number of amides is 1. The van der Waals surface area contributed by atoms with Crippen molar-refractivity contribution in [2.75, 3.05) is 40.0 Å². The predicted molar refractivity (Wildman–Crippen MR) is 139 cm³/mol. The van der Waals surface area contributed by atoms with Crippen LogP contribution in [0.4, 0.5) is 0 Å². The number of methoxy groups -OCH3 is 1. The molecule has 0 saturated carbocycles. The number of rotatable bonds is 10. The predicted octanol–water partition coefficient (Wildman–Crippen LogP) is 4.40. The van der Waals surface area contributed by atoms with E-state index in [2.05, 4.69) is 17.3 Å². The molecule has 7 heteroatoms. The molecule has 0 N–H and O–H groups in total. The van der Waals surface area contributed by atoms with E-state index in [1.807, 2.05) is 67.6 Å². The number of morpholine rings is 1. The van der Waals surface area contributed by atoms with Crippen LogP contribution in [-0.2, 0) is 27.4 Å². The fraction of sp³-hybridized carbons (Fsp3) is 0.310. The average molecular weight is 489 g/mol. The van der Waals surface area contributed by atoms with Crippen molar-refractivity contribution >= 4 is 11.6 Å². The number of hydrogen-bond acceptors (Lipinski definition) is 6. The zero-order valence-corrected chi connectivity index (χ0v) is 20.8. The van der Waals surface area contributed by atoms with E-state index >= 15 is 0 Å². The van der Waals surface area contributed by atoms with Gasteiger partial charge in [-0.15, -0.1) is 0 Å². The van der Waals surface area contributed by atoms with Gasteiger partial charge in [0.05, 0.1) is 26.0 Å². The van der Waals surface area contributed by atoms with Crippen molar-refractivity contribution in [2.24, 2.45) is 5.16 Å². The first-order valence-corrected chi connectivity index (χ1v) is 12.1. The Labute approximate surface area is 212 Å². The summed E-state index contributed by atoms with van der Waals surface area (Å²) in [4.78, 5) is 20.0. The number of benzene rings is 3. The molecule has 1 saturated heterocycles. The largest absolute Gasteiger partial charge is 0.497 e. The second-order valence-electron chi connectivity index (χ2n) is 8.58. The average Bonchev–Trinajstić information content (AvgIpc) is 2.93. The molecule has 3 aromatic rings. The van der Waals surface area contributed by atoms with Crippen molar-refractivity contribution in [3.63, 3.8) is 0 Å². The van der Waals surface area contributed by atoms with Gasteiger partial charge in [0.1, 0.15) is 18.1 Å². The smallest absolute Gasteiger partial charge is 0.260 e. The molecule has 0 atom stereocenters. The minimum atomic E-state index is -0.0277. The van der Waals surface area contributed by atoms with Gasteiger partial charge in [0.15, 0.2) is 6.61 Å². The van der Waals surface area contributed by atoms with E-state index in [-0.39, 0.29) is 12.5 Å². The van der Waals surface area contributed by atoms with E-state index in [1.165, 1.54) is 0 Å². The Bertz CT molecular complexity index is 1160. The second-order valence-corrected chi connectivity index (χ2v) is 8.58. The fourth-order valence-corrected chi connectivity index (χ4v) is 3.92. The molecule has 188 valence electrons. The van der Waals surface area contributed by atoms with Gasteiger partial charge in [0.25, 0.3) is 5.91 Å². The lowest BCUT2D eigenvalue weighted by Crippen LogP contribution is -2.43. The van der Waals surface area contributed by atoms with Gasteiger partial charge in [-0.05, 0) is 53.9 Å². The molecule has 1 amide bonds. The van der Waals surface area contributed by atoms with Crippen LogP contribution in [0.3, 0.4) is 0 Å². The quantitative estimate of drug-likeness (QED) is 0.312. The van der Waals surface area contributed by atoms with Crippen LogP contribution >= 0.6 is 0 Å². The summed E-state index contributed by atoms with van der Waals surface area (Å²) in [5, 5.41) is 4.51. The molecule has 4 rings (SSSR count). The number of carbonyl (C=O) groups excluding carboxylic acids is 1. The van der Waals surface area contributed by atoms with E-state index in [0.717, 1.165) is 33.7 Å². The highest BCUT2D eigenvalue weighted by Crippen LogP contribution is 2.21. The Hall–Kier alpha value is -3.84. The highest BCUT2D eigenvalue weighted by atomic mass is 16.6. The van der Waals surface area contributed by atoms with Crippen molar-refractivity contribution in [1.29, 1.82) is 0 Å². The lowest BCUT2D eigenvalue weighted by Gasteiger charge is -2.26. The van der Waals surface area contributed by atoms with E-state index in [1.54, 1.807) is 12.0 Å². The molecular formula is C29H32N2O5. The topological polar surface area (TPSA) is 69.6 Å². The molecule has 0 bridgehead atoms. The SMILES string of the molecule is COc1ccc(CO/N=C(\Cc2ccccc2)c2ccc(OCC(=O)N3CCOCC3)c(C)c2)cc1. The van der Waals surface area contributed by atoms with Crippen LogP contribution in [-0.4, -0.2) is 56.5 Å². The van der Waals surface area contributed by atoms with Gasteiger partial charge in [-0.1, -0.05) is 47.6 Å². The van der Waals surface area contributed by atoms with E-state index in [9.17, 15) is 4.79 Å². The molecule has 0 aliphatic carbocycles. The number of hydrogen-bond donors (Lipinski definition) is 0. The highest BCUT2D eigenvalue weighted by molar-refractivity contribution is 6.01. The van der Waals surface area contributed by atoms with E-state index in [0.29, 0.717) is 45.1 Å². The van der Waals surface area contributed by atoms with E-state index in [4.69, 9.17) is 19.0 Å². The number of oxime groups is 1. The fourth-order valence-electron chi connectivity index (χ4n) is 3.92. The van der Waals surface area contributed by atoms with Gasteiger partial charge in [-0.2, -0.15) is 0 Å². The van der Waals surface area contributed by atoms with Gasteiger partial charge < -0.3 is 23.9 Å². The molecule has 1 heterocycles. The molecule has 0 radical (unpaired) electrons. The summed E-state index contributed by atoms with van der Waals surface area (Å²) < 4.78 is 16.4. The van der Waals surface area contributed by atoms with Gasteiger partial charge in [0.2, 0.25) is 0 Å².